The summed E-state index contributed by atoms with van der Waals surface area (Å²) in [6.45, 7) is 10.5. The molecule has 1 fully saturated rings. The third kappa shape index (κ3) is 8.20. The maximum atomic E-state index is 11.5. The van der Waals surface area contributed by atoms with Crippen LogP contribution >= 0.6 is 0 Å². The molecule has 0 radical (unpaired) electrons. The van der Waals surface area contributed by atoms with Gasteiger partial charge in [0.15, 0.2) is 6.04 Å². The fourth-order valence-corrected chi connectivity index (χ4v) is 3.91. The number of aliphatic hydroxyl groups is 1. The van der Waals surface area contributed by atoms with E-state index in [2.05, 4.69) is 44.2 Å². The number of methoxy groups -OCH3 is 1. The molecule has 2 aliphatic rings. The normalized spacial score (nSPS) is 15.5. The van der Waals surface area contributed by atoms with Crippen LogP contribution < -0.4 is 15.4 Å². The average Bonchev–Trinajstić information content (AvgIpc) is 3.75. The molecule has 222 valence electrons. The van der Waals surface area contributed by atoms with E-state index in [0.29, 0.717) is 28.8 Å². The van der Waals surface area contributed by atoms with Crippen LogP contribution in [0.4, 0.5) is 4.79 Å². The van der Waals surface area contributed by atoms with E-state index in [1.807, 2.05) is 26.0 Å². The molecule has 0 aliphatic carbocycles. The quantitative estimate of drug-likeness (QED) is 0.152. The molecule has 1 unspecified atom stereocenters. The summed E-state index contributed by atoms with van der Waals surface area (Å²) >= 11 is 0. The van der Waals surface area contributed by atoms with Crippen LogP contribution in [0.2, 0.25) is 0 Å². The number of nitrogens with zero attached hydrogens (tertiary/aromatic N) is 3. The van der Waals surface area contributed by atoms with Crippen LogP contribution in [0, 0.1) is 11.8 Å². The molecule has 1 aromatic carbocycles. The highest BCUT2D eigenvalue weighted by molar-refractivity contribution is 6.05. The van der Waals surface area contributed by atoms with Crippen LogP contribution in [-0.4, -0.2) is 63.2 Å². The maximum Gasteiger partial charge on any atom is 0.322 e. The lowest BCUT2D eigenvalue weighted by molar-refractivity contribution is -0.119. The van der Waals surface area contributed by atoms with Crippen molar-refractivity contribution >= 4 is 29.0 Å². The van der Waals surface area contributed by atoms with Gasteiger partial charge < -0.3 is 20.1 Å². The molecule has 0 spiro atoms. The second-order valence-electron chi connectivity index (χ2n) is 9.17. The molecule has 4 N–H and O–H groups in total. The Morgan fingerprint density at radius 2 is 1.91 bits per heavy atom. The topological polar surface area (TPSA) is 150 Å². The minimum atomic E-state index is -0.882. The zero-order chi connectivity index (χ0) is 31.5. The smallest absolute Gasteiger partial charge is 0.322 e. The van der Waals surface area contributed by atoms with Gasteiger partial charge in [-0.1, -0.05) is 44.4 Å². The summed E-state index contributed by atoms with van der Waals surface area (Å²) < 4.78 is 5.05. The Morgan fingerprint density at radius 1 is 1.14 bits per heavy atom. The van der Waals surface area contributed by atoms with Crippen molar-refractivity contribution < 1.29 is 24.2 Å². The van der Waals surface area contributed by atoms with Crippen LogP contribution in [0.5, 0.6) is 5.75 Å². The SMILES string of the molecule is C=C(/C=C\C(O)=C(/C)c1cn[nH]c1)c1cncc(C#CC2NC(=O)NC2=O)c1.CC.COc1ccc2c(c1)C(=O)N(C)C2. The molecule has 1 atom stereocenters. The fraction of sp³-hybridized carbons (Fsp3) is 0.219. The molecule has 3 aromatic rings. The highest BCUT2D eigenvalue weighted by atomic mass is 16.5. The number of urea groups is 1. The molecule has 0 bridgehead atoms. The first kappa shape index (κ1) is 31.9. The number of rotatable bonds is 5. The first-order valence-electron chi connectivity index (χ1n) is 13.4. The van der Waals surface area contributed by atoms with Crippen molar-refractivity contribution in [2.45, 2.75) is 33.4 Å². The van der Waals surface area contributed by atoms with Crippen LogP contribution in [-0.2, 0) is 11.3 Å². The van der Waals surface area contributed by atoms with Gasteiger partial charge in [-0.25, -0.2) is 4.79 Å². The van der Waals surface area contributed by atoms with E-state index in [1.165, 1.54) is 0 Å². The lowest BCUT2D eigenvalue weighted by atomic mass is 10.1. The van der Waals surface area contributed by atoms with E-state index in [0.717, 1.165) is 22.4 Å². The molecule has 4 amide bonds. The number of ether oxygens (including phenoxy) is 1. The Balaban J connectivity index is 0.000000280. The predicted molar refractivity (Wildman–Crippen MR) is 164 cm³/mol. The standard InChI is InChI=1S/C20H17N5O3.C10H11NO2.C2H6/c1-12(3-6-18(26)13(2)16-10-22-23-11-16)15-7-14(8-21-9-15)4-5-17-19(27)25-20(28)24-17;1-11-6-7-3-4-8(13-2)5-9(7)10(11)12;1-2/h3,6-11,17,26H,1H2,2H3,(H,22,23)(H2,24,25,27,28);3-5H,6H2,1-2H3;1-2H3/b6-3-,18-13-;;. The number of benzene rings is 1. The van der Waals surface area contributed by atoms with Gasteiger partial charge in [-0.15, -0.1) is 0 Å². The minimum absolute atomic E-state index is 0.0777. The van der Waals surface area contributed by atoms with Crippen LogP contribution in [0.15, 0.2) is 73.5 Å². The molecular formula is C32H34N6O5. The molecule has 4 heterocycles. The Labute approximate surface area is 250 Å². The van der Waals surface area contributed by atoms with Crippen molar-refractivity contribution in [1.29, 1.82) is 0 Å². The van der Waals surface area contributed by atoms with Gasteiger partial charge >= 0.3 is 6.03 Å². The summed E-state index contributed by atoms with van der Waals surface area (Å²) in [5.74, 6) is 5.92. The largest absolute Gasteiger partial charge is 0.508 e. The second-order valence-corrected chi connectivity index (χ2v) is 9.17. The number of fused-ring (bicyclic) bond motifs is 1. The van der Waals surface area contributed by atoms with E-state index >= 15 is 0 Å². The molecule has 0 saturated carbocycles. The van der Waals surface area contributed by atoms with Gasteiger partial charge in [-0.3, -0.25) is 25.0 Å². The third-order valence-electron chi connectivity index (χ3n) is 6.30. The van der Waals surface area contributed by atoms with E-state index in [4.69, 9.17) is 4.74 Å². The summed E-state index contributed by atoms with van der Waals surface area (Å²) in [4.78, 5) is 39.9. The monoisotopic (exact) mass is 582 g/mol. The number of carbonyl (C=O) groups is 3. The first-order chi connectivity index (χ1) is 20.7. The molecular weight excluding hydrogens is 548 g/mol. The molecule has 11 nitrogen and oxygen atoms in total. The van der Waals surface area contributed by atoms with Crippen molar-refractivity contribution in [1.82, 2.24) is 30.7 Å². The number of aliphatic hydroxyl groups excluding tert-OH is 1. The summed E-state index contributed by atoms with van der Waals surface area (Å²) in [5.41, 5.74) is 5.19. The average molecular weight is 583 g/mol. The Hall–Kier alpha value is -5.63. The maximum absolute atomic E-state index is 11.5. The number of imide groups is 1. The van der Waals surface area contributed by atoms with Crippen molar-refractivity contribution in [2.24, 2.45) is 0 Å². The van der Waals surface area contributed by atoms with Gasteiger partial charge in [0.1, 0.15) is 11.5 Å². The molecule has 43 heavy (non-hydrogen) atoms. The number of hydrogen-bond donors (Lipinski definition) is 4. The molecule has 11 heteroatoms. The number of hydrogen-bond acceptors (Lipinski definition) is 7. The van der Waals surface area contributed by atoms with Crippen LogP contribution in [0.25, 0.3) is 11.1 Å². The Kier molecular flexibility index (Phi) is 11.0. The van der Waals surface area contributed by atoms with Crippen molar-refractivity contribution in [3.8, 4) is 17.6 Å². The van der Waals surface area contributed by atoms with E-state index in [1.54, 1.807) is 75.1 Å². The third-order valence-corrected chi connectivity index (χ3v) is 6.30. The highest BCUT2D eigenvalue weighted by Crippen LogP contribution is 2.25. The number of nitrogens with one attached hydrogen (secondary N) is 3. The Bertz CT molecular complexity index is 1630. The summed E-state index contributed by atoms with van der Waals surface area (Å²) in [5, 5.41) is 21.3. The van der Waals surface area contributed by atoms with Gasteiger partial charge in [0.25, 0.3) is 11.8 Å². The molecule has 1 saturated heterocycles. The minimum Gasteiger partial charge on any atom is -0.508 e. The van der Waals surface area contributed by atoms with Crippen LogP contribution in [0.3, 0.4) is 0 Å². The zero-order valence-corrected chi connectivity index (χ0v) is 24.7. The lowest BCUT2D eigenvalue weighted by Crippen LogP contribution is -2.26. The highest BCUT2D eigenvalue weighted by Gasteiger charge is 2.27. The Morgan fingerprint density at radius 3 is 2.56 bits per heavy atom. The van der Waals surface area contributed by atoms with Gasteiger partial charge in [0.2, 0.25) is 0 Å². The van der Waals surface area contributed by atoms with E-state index < -0.39 is 18.0 Å². The second kappa shape index (κ2) is 14.8. The molecule has 5 rings (SSSR count). The number of aromatic nitrogens is 3. The summed E-state index contributed by atoms with van der Waals surface area (Å²) in [6.07, 6.45) is 9.67. The summed E-state index contributed by atoms with van der Waals surface area (Å²) in [6, 6.07) is 5.92. The number of pyridine rings is 1. The van der Waals surface area contributed by atoms with Crippen molar-refractivity contribution in [3.63, 3.8) is 0 Å². The fourth-order valence-electron chi connectivity index (χ4n) is 3.91. The molecule has 2 aromatic heterocycles. The van der Waals surface area contributed by atoms with E-state index in [-0.39, 0.29) is 11.7 Å². The molecule has 2 aliphatic heterocycles. The number of amides is 4. The van der Waals surface area contributed by atoms with Crippen molar-refractivity contribution in [3.05, 3.63) is 101 Å². The number of H-pyrrole nitrogens is 1. The van der Waals surface area contributed by atoms with Gasteiger partial charge in [0.05, 0.1) is 13.3 Å². The number of aromatic amines is 1. The predicted octanol–water partition coefficient (Wildman–Crippen LogP) is 4.23. The van der Waals surface area contributed by atoms with E-state index in [9.17, 15) is 19.5 Å². The van der Waals surface area contributed by atoms with Gasteiger partial charge in [-0.05, 0) is 42.3 Å². The van der Waals surface area contributed by atoms with Gasteiger partial charge in [0, 0.05) is 60.0 Å². The van der Waals surface area contributed by atoms with Gasteiger partial charge in [-0.2, -0.15) is 5.10 Å². The van der Waals surface area contributed by atoms with Crippen molar-refractivity contribution in [2.75, 3.05) is 14.2 Å². The summed E-state index contributed by atoms with van der Waals surface area (Å²) in [7, 11) is 3.40. The first-order valence-corrected chi connectivity index (χ1v) is 13.4. The zero-order valence-electron chi connectivity index (χ0n) is 24.7. The lowest BCUT2D eigenvalue weighted by Gasteiger charge is -2.04. The van der Waals surface area contributed by atoms with Crippen LogP contribution in [0.1, 0.15) is 53.4 Å². The number of allylic oxidation sites excluding steroid dienone is 4. The number of carbonyl (C=O) groups excluding carboxylic acids is 3.